The Labute approximate surface area is 147 Å². The Morgan fingerprint density at radius 2 is 1.72 bits per heavy atom. The molecule has 0 saturated heterocycles. The molecule has 0 aromatic rings. The van der Waals surface area contributed by atoms with Crippen molar-refractivity contribution in [1.29, 1.82) is 0 Å². The van der Waals surface area contributed by atoms with Crippen LogP contribution in [0.3, 0.4) is 0 Å². The fourth-order valence-corrected chi connectivity index (χ4v) is 3.23. The van der Waals surface area contributed by atoms with Crippen LogP contribution in [0.1, 0.15) is 40.0 Å². The maximum Gasteiger partial charge on any atom is 0.343 e. The molecule has 0 amide bonds. The van der Waals surface area contributed by atoms with Gasteiger partial charge in [0, 0.05) is 0 Å². The van der Waals surface area contributed by atoms with Crippen molar-refractivity contribution in [2.45, 2.75) is 70.6 Å². The average molecular weight is 362 g/mol. The summed E-state index contributed by atoms with van der Waals surface area (Å²) in [4.78, 5) is 24.0. The maximum atomic E-state index is 12.1. The van der Waals surface area contributed by atoms with Gasteiger partial charge in [-0.2, -0.15) is 0 Å². The van der Waals surface area contributed by atoms with E-state index in [1.54, 1.807) is 0 Å². The summed E-state index contributed by atoms with van der Waals surface area (Å²) in [5.41, 5.74) is 0. The highest BCUT2D eigenvalue weighted by molar-refractivity contribution is 6.04. The molecule has 1 rings (SSSR count). The zero-order valence-corrected chi connectivity index (χ0v) is 14.9. The number of esters is 1. The highest BCUT2D eigenvalue weighted by atomic mass is 16.6. The van der Waals surface area contributed by atoms with E-state index in [2.05, 4.69) is 0 Å². The Balaban J connectivity index is 2.72. The summed E-state index contributed by atoms with van der Waals surface area (Å²) in [6, 6.07) is 0. The topological polar surface area (TPSA) is 145 Å². The molecule has 8 heteroatoms. The Hall–Kier alpha value is -1.06. The molecule has 1 aliphatic carbocycles. The minimum Gasteiger partial charge on any atom is -0.460 e. The monoisotopic (exact) mass is 362 g/mol. The molecule has 0 spiro atoms. The van der Waals surface area contributed by atoms with Crippen LogP contribution in [0.4, 0.5) is 0 Å². The van der Waals surface area contributed by atoms with Gasteiger partial charge in [0.05, 0.1) is 6.61 Å². The fraction of sp³-hybridized carbons (Fsp3) is 0.882. The highest BCUT2D eigenvalue weighted by Crippen LogP contribution is 2.35. The van der Waals surface area contributed by atoms with E-state index in [0.717, 1.165) is 12.8 Å². The summed E-state index contributed by atoms with van der Waals surface area (Å²) < 4.78 is 5.32. The Kier molecular flexibility index (Phi) is 8.43. The molecule has 0 radical (unpaired) electrons. The lowest BCUT2D eigenvalue weighted by Crippen LogP contribution is -2.50. The van der Waals surface area contributed by atoms with Crippen LogP contribution in [-0.2, 0) is 14.3 Å². The third kappa shape index (κ3) is 5.72. The molecule has 0 aromatic heterocycles. The summed E-state index contributed by atoms with van der Waals surface area (Å²) in [7, 11) is 0. The van der Waals surface area contributed by atoms with Gasteiger partial charge in [-0.05, 0) is 30.6 Å². The second-order valence-electron chi connectivity index (χ2n) is 7.29. The predicted molar refractivity (Wildman–Crippen MR) is 87.3 cm³/mol. The average Bonchev–Trinajstić information content (AvgIpc) is 2.57. The number of aliphatic hydroxyl groups excluding tert-OH is 5. The lowest BCUT2D eigenvalue weighted by molar-refractivity contribution is -0.173. The standard InChI is InChI=1S/C17H30O8/c1-8(2)10-5-4-9(3)6-12(10)25-17(24)16(23)15(22)14(21)13(20)11(19)7-18/h8-14,16,18-21,23H,4-7H2,1-3H3/t9?,10?,11-,12?,13-,14+,16?/m1/s1. The SMILES string of the molecule is CC1CCC(C(C)C)C(OC(=O)C(O)C(=O)[C@@H](O)[C@H](O)[C@H](O)CO)C1. The third-order valence-electron chi connectivity index (χ3n) is 4.92. The molecule has 0 aliphatic heterocycles. The molecule has 146 valence electrons. The molecular formula is C17H30O8. The molecule has 1 saturated carbocycles. The first kappa shape index (κ1) is 22.0. The van der Waals surface area contributed by atoms with Crippen LogP contribution in [0, 0.1) is 17.8 Å². The van der Waals surface area contributed by atoms with Gasteiger partial charge in [0.15, 0.2) is 0 Å². The molecule has 1 fully saturated rings. The molecule has 5 N–H and O–H groups in total. The van der Waals surface area contributed by atoms with E-state index < -0.39 is 48.9 Å². The van der Waals surface area contributed by atoms with Crippen molar-refractivity contribution >= 4 is 11.8 Å². The van der Waals surface area contributed by atoms with Crippen molar-refractivity contribution < 1.29 is 39.9 Å². The number of hydrogen-bond donors (Lipinski definition) is 5. The largest absolute Gasteiger partial charge is 0.460 e. The van der Waals surface area contributed by atoms with E-state index in [0.29, 0.717) is 12.3 Å². The number of hydrogen-bond acceptors (Lipinski definition) is 8. The summed E-state index contributed by atoms with van der Waals surface area (Å²) in [5, 5.41) is 47.0. The van der Waals surface area contributed by atoms with E-state index in [1.165, 1.54) is 0 Å². The lowest BCUT2D eigenvalue weighted by Gasteiger charge is -2.37. The second kappa shape index (κ2) is 9.59. The molecule has 7 atom stereocenters. The van der Waals surface area contributed by atoms with Gasteiger partial charge in [-0.15, -0.1) is 0 Å². The normalized spacial score (nSPS) is 28.9. The van der Waals surface area contributed by atoms with Gasteiger partial charge < -0.3 is 30.3 Å². The van der Waals surface area contributed by atoms with Crippen molar-refractivity contribution in [2.75, 3.05) is 6.61 Å². The van der Waals surface area contributed by atoms with Crippen molar-refractivity contribution in [3.63, 3.8) is 0 Å². The molecular weight excluding hydrogens is 332 g/mol. The minimum absolute atomic E-state index is 0.120. The van der Waals surface area contributed by atoms with Crippen LogP contribution < -0.4 is 0 Å². The number of rotatable bonds is 8. The Morgan fingerprint density at radius 3 is 2.24 bits per heavy atom. The van der Waals surface area contributed by atoms with Gasteiger partial charge in [-0.25, -0.2) is 4.79 Å². The summed E-state index contributed by atoms with van der Waals surface area (Å²) in [6.45, 7) is 5.18. The first-order valence-electron chi connectivity index (χ1n) is 8.67. The molecule has 0 heterocycles. The molecule has 4 unspecified atom stereocenters. The number of ketones is 1. The van der Waals surface area contributed by atoms with Crippen LogP contribution >= 0.6 is 0 Å². The maximum absolute atomic E-state index is 12.1. The van der Waals surface area contributed by atoms with Crippen LogP contribution in [0.2, 0.25) is 0 Å². The fourth-order valence-electron chi connectivity index (χ4n) is 3.23. The van der Waals surface area contributed by atoms with Crippen LogP contribution in [0.25, 0.3) is 0 Å². The highest BCUT2D eigenvalue weighted by Gasteiger charge is 2.40. The van der Waals surface area contributed by atoms with E-state index in [4.69, 9.17) is 9.84 Å². The van der Waals surface area contributed by atoms with Crippen molar-refractivity contribution in [1.82, 2.24) is 0 Å². The molecule has 25 heavy (non-hydrogen) atoms. The van der Waals surface area contributed by atoms with E-state index in [1.807, 2.05) is 20.8 Å². The number of aliphatic hydroxyl groups is 5. The van der Waals surface area contributed by atoms with Gasteiger partial charge in [0.25, 0.3) is 0 Å². The van der Waals surface area contributed by atoms with E-state index in [-0.39, 0.29) is 11.8 Å². The zero-order valence-electron chi connectivity index (χ0n) is 14.9. The Morgan fingerprint density at radius 1 is 1.12 bits per heavy atom. The first-order chi connectivity index (χ1) is 11.6. The van der Waals surface area contributed by atoms with E-state index >= 15 is 0 Å². The van der Waals surface area contributed by atoms with Crippen LogP contribution in [0.15, 0.2) is 0 Å². The number of carbonyl (C=O) groups is 2. The van der Waals surface area contributed by atoms with Gasteiger partial charge >= 0.3 is 5.97 Å². The second-order valence-corrected chi connectivity index (χ2v) is 7.29. The van der Waals surface area contributed by atoms with Gasteiger partial charge in [-0.3, -0.25) is 4.79 Å². The zero-order chi connectivity index (χ0) is 19.3. The van der Waals surface area contributed by atoms with Gasteiger partial charge in [-0.1, -0.05) is 27.2 Å². The Bertz CT molecular complexity index is 452. The smallest absolute Gasteiger partial charge is 0.343 e. The van der Waals surface area contributed by atoms with Crippen molar-refractivity contribution in [3.8, 4) is 0 Å². The quantitative estimate of drug-likeness (QED) is 0.273. The molecule has 1 aliphatic rings. The first-order valence-corrected chi connectivity index (χ1v) is 8.67. The van der Waals surface area contributed by atoms with Crippen molar-refractivity contribution in [3.05, 3.63) is 0 Å². The summed E-state index contributed by atoms with van der Waals surface area (Å²) >= 11 is 0. The minimum atomic E-state index is -2.26. The predicted octanol–water partition coefficient (Wildman–Crippen LogP) is -1.00. The van der Waals surface area contributed by atoms with Crippen LogP contribution in [0.5, 0.6) is 0 Å². The molecule has 8 nitrogen and oxygen atoms in total. The third-order valence-corrected chi connectivity index (χ3v) is 4.92. The van der Waals surface area contributed by atoms with Crippen molar-refractivity contribution in [2.24, 2.45) is 17.8 Å². The summed E-state index contributed by atoms with van der Waals surface area (Å²) in [5.74, 6) is -1.82. The number of Topliss-reactive ketones (excluding diaryl/α,β-unsaturated/α-hetero) is 1. The van der Waals surface area contributed by atoms with Gasteiger partial charge in [0.2, 0.25) is 11.9 Å². The molecule has 0 aromatic carbocycles. The van der Waals surface area contributed by atoms with Crippen LogP contribution in [-0.4, -0.2) is 74.4 Å². The lowest BCUT2D eigenvalue weighted by atomic mass is 9.75. The number of carbonyl (C=O) groups excluding carboxylic acids is 2. The molecule has 0 bridgehead atoms. The summed E-state index contributed by atoms with van der Waals surface area (Å²) in [6.07, 6.45) is -6.16. The van der Waals surface area contributed by atoms with E-state index in [9.17, 15) is 30.0 Å². The number of ether oxygens (including phenoxy) is 1. The van der Waals surface area contributed by atoms with Gasteiger partial charge in [0.1, 0.15) is 24.4 Å².